The third-order valence-electron chi connectivity index (χ3n) is 11.4. The van der Waals surface area contributed by atoms with Crippen LogP contribution in [0, 0.1) is 0 Å². The van der Waals surface area contributed by atoms with Crippen molar-refractivity contribution in [2.75, 3.05) is 21.7 Å². The normalized spacial score (nSPS) is 18.2. The Kier molecular flexibility index (Phi) is 9.53. The SMILES string of the molecule is CC1(C)CCC(C)(C)c2cc(SN(CC(=O)O)c3ccc(N(CC(=O)O)S(=O)(=O)c4ccc5c(c4)C(C)(C)CCC5(C)C)c4ccccc34)ccc21. The second kappa shape index (κ2) is 13.1. The van der Waals surface area contributed by atoms with Crippen LogP contribution in [-0.4, -0.2) is 43.7 Å². The molecule has 8 nitrogen and oxygen atoms in total. The quantitative estimate of drug-likeness (QED) is 0.155. The van der Waals surface area contributed by atoms with Gasteiger partial charge >= 0.3 is 11.9 Å². The summed E-state index contributed by atoms with van der Waals surface area (Å²) in [6.07, 6.45) is 4.00. The van der Waals surface area contributed by atoms with Gasteiger partial charge < -0.3 is 14.5 Å². The van der Waals surface area contributed by atoms with E-state index in [0.29, 0.717) is 16.5 Å². The van der Waals surface area contributed by atoms with Crippen LogP contribution in [0.4, 0.5) is 11.4 Å². The lowest BCUT2D eigenvalue weighted by atomic mass is 9.63. The molecule has 2 aliphatic carbocycles. The van der Waals surface area contributed by atoms with Crippen LogP contribution in [0.25, 0.3) is 10.8 Å². The predicted molar refractivity (Wildman–Crippen MR) is 210 cm³/mol. The van der Waals surface area contributed by atoms with Gasteiger partial charge in [-0.3, -0.25) is 13.9 Å². The topological polar surface area (TPSA) is 115 Å². The van der Waals surface area contributed by atoms with Gasteiger partial charge in [0.1, 0.15) is 13.1 Å². The molecule has 0 fully saturated rings. The summed E-state index contributed by atoms with van der Waals surface area (Å²) in [4.78, 5) is 25.5. The molecule has 10 heteroatoms. The number of anilines is 2. The molecule has 4 aromatic rings. The molecular weight excluding hydrogens is 693 g/mol. The molecule has 0 saturated heterocycles. The Bertz CT molecular complexity index is 2190. The van der Waals surface area contributed by atoms with E-state index in [0.717, 1.165) is 46.0 Å². The highest BCUT2D eigenvalue weighted by Gasteiger charge is 2.40. The van der Waals surface area contributed by atoms with E-state index in [1.165, 1.54) is 23.1 Å². The second-order valence-electron chi connectivity index (χ2n) is 17.0. The molecule has 276 valence electrons. The first-order valence-corrected chi connectivity index (χ1v) is 20.1. The summed E-state index contributed by atoms with van der Waals surface area (Å²) in [7, 11) is -4.35. The number of hydrogen-bond donors (Lipinski definition) is 2. The van der Waals surface area contributed by atoms with E-state index in [4.69, 9.17) is 0 Å². The molecule has 52 heavy (non-hydrogen) atoms. The average Bonchev–Trinajstić information content (AvgIpc) is 3.07. The fourth-order valence-electron chi connectivity index (χ4n) is 8.02. The van der Waals surface area contributed by atoms with Gasteiger partial charge in [0.05, 0.1) is 16.3 Å². The monoisotopic (exact) mass is 742 g/mol. The maximum absolute atomic E-state index is 14.6. The van der Waals surface area contributed by atoms with Crippen molar-refractivity contribution in [1.29, 1.82) is 0 Å². The van der Waals surface area contributed by atoms with Crippen LogP contribution in [-0.2, 0) is 41.3 Å². The van der Waals surface area contributed by atoms with Crippen molar-refractivity contribution in [2.45, 2.75) is 113 Å². The molecule has 0 unspecified atom stereocenters. The number of carbonyl (C=O) groups is 2. The minimum Gasteiger partial charge on any atom is -0.480 e. The minimum absolute atomic E-state index is 0.0313. The Labute approximate surface area is 312 Å². The van der Waals surface area contributed by atoms with Crippen LogP contribution in [0.3, 0.4) is 0 Å². The van der Waals surface area contributed by atoms with Gasteiger partial charge in [-0.1, -0.05) is 91.8 Å². The number of fused-ring (bicyclic) bond motifs is 3. The van der Waals surface area contributed by atoms with Crippen molar-refractivity contribution < 1.29 is 28.2 Å². The van der Waals surface area contributed by atoms with Crippen LogP contribution in [0.15, 0.2) is 82.6 Å². The number of rotatable bonds is 10. The lowest BCUT2D eigenvalue weighted by molar-refractivity contribution is -0.136. The van der Waals surface area contributed by atoms with Crippen molar-refractivity contribution in [3.63, 3.8) is 0 Å². The molecule has 2 N–H and O–H groups in total. The van der Waals surface area contributed by atoms with Crippen LogP contribution in [0.1, 0.15) is 103 Å². The Morgan fingerprint density at radius 1 is 0.615 bits per heavy atom. The van der Waals surface area contributed by atoms with Crippen LogP contribution in [0.2, 0.25) is 0 Å². The number of benzene rings is 4. The maximum Gasteiger partial charge on any atom is 0.324 e. The average molecular weight is 743 g/mol. The third-order valence-corrected chi connectivity index (χ3v) is 14.2. The zero-order valence-corrected chi connectivity index (χ0v) is 33.0. The molecule has 0 spiro atoms. The highest BCUT2D eigenvalue weighted by molar-refractivity contribution is 8.00. The van der Waals surface area contributed by atoms with E-state index in [9.17, 15) is 28.2 Å². The zero-order chi connectivity index (χ0) is 38.0. The van der Waals surface area contributed by atoms with Crippen molar-refractivity contribution in [2.24, 2.45) is 0 Å². The van der Waals surface area contributed by atoms with E-state index < -0.39 is 28.5 Å². The Morgan fingerprint density at radius 2 is 1.08 bits per heavy atom. The lowest BCUT2D eigenvalue weighted by Crippen LogP contribution is -2.37. The fourth-order valence-corrected chi connectivity index (χ4v) is 10.5. The smallest absolute Gasteiger partial charge is 0.324 e. The number of carboxylic acid groups (broad SMARTS) is 2. The first-order valence-electron chi connectivity index (χ1n) is 17.9. The van der Waals surface area contributed by atoms with Crippen LogP contribution >= 0.6 is 11.9 Å². The van der Waals surface area contributed by atoms with E-state index >= 15 is 0 Å². The summed E-state index contributed by atoms with van der Waals surface area (Å²) < 4.78 is 31.8. The van der Waals surface area contributed by atoms with Gasteiger partial charge in [0.2, 0.25) is 0 Å². The third kappa shape index (κ3) is 6.92. The van der Waals surface area contributed by atoms with Gasteiger partial charge in [-0.15, -0.1) is 0 Å². The molecule has 6 rings (SSSR count). The molecule has 0 radical (unpaired) electrons. The first kappa shape index (κ1) is 37.7. The second-order valence-corrected chi connectivity index (χ2v) is 20.0. The molecule has 0 aromatic heterocycles. The first-order chi connectivity index (χ1) is 24.1. The van der Waals surface area contributed by atoms with Gasteiger partial charge in [-0.25, -0.2) is 8.42 Å². The number of nitrogens with zero attached hydrogens (tertiary/aromatic N) is 2. The summed E-state index contributed by atoms with van der Waals surface area (Å²) in [5.74, 6) is -2.31. The van der Waals surface area contributed by atoms with Gasteiger partial charge in [0.15, 0.2) is 0 Å². The van der Waals surface area contributed by atoms with E-state index in [1.54, 1.807) is 40.7 Å². The highest BCUT2D eigenvalue weighted by Crippen LogP contribution is 2.49. The minimum atomic E-state index is -4.35. The van der Waals surface area contributed by atoms with Crippen LogP contribution < -0.4 is 8.61 Å². The molecule has 0 aliphatic heterocycles. The summed E-state index contributed by atoms with van der Waals surface area (Å²) in [6, 6.07) is 22.0. The molecule has 0 saturated carbocycles. The molecule has 0 amide bonds. The largest absolute Gasteiger partial charge is 0.480 e. The molecule has 4 aromatic carbocycles. The van der Waals surface area contributed by atoms with Crippen LogP contribution in [0.5, 0.6) is 0 Å². The fraction of sp³-hybridized carbons (Fsp3) is 0.429. The number of carboxylic acids is 2. The van der Waals surface area contributed by atoms with Crippen molar-refractivity contribution in [3.05, 3.63) is 95.1 Å². The van der Waals surface area contributed by atoms with Crippen molar-refractivity contribution >= 4 is 56.1 Å². The molecule has 0 atom stereocenters. The summed E-state index contributed by atoms with van der Waals surface area (Å²) in [5, 5.41) is 21.2. The number of sulfonamides is 1. The van der Waals surface area contributed by atoms with Gasteiger partial charge in [0.25, 0.3) is 10.0 Å². The van der Waals surface area contributed by atoms with Gasteiger partial charge in [0, 0.05) is 15.7 Å². The van der Waals surface area contributed by atoms with Gasteiger partial charge in [-0.2, -0.15) is 0 Å². The Hall–Kier alpha value is -4.02. The summed E-state index contributed by atoms with van der Waals surface area (Å²) >= 11 is 1.33. The standard InChI is InChI=1S/C42H50N2O6S2/c1-39(2)19-21-41(5,6)33-23-27(13-15-31(33)39)51-43(25-37(45)46)35-17-18-36(30-12-10-9-11-29(30)35)44(26-38(47)48)52(49,50)28-14-16-32-34(24-28)42(7,8)22-20-40(32,3)4/h9-18,23-24H,19-22,25-26H2,1-8H3,(H,45,46)(H,47,48). The molecule has 0 bridgehead atoms. The molecule has 2 aliphatic rings. The summed E-state index contributed by atoms with van der Waals surface area (Å²) in [6.45, 7) is 16.5. The Balaban J connectivity index is 1.45. The molecule has 0 heterocycles. The van der Waals surface area contributed by atoms with E-state index in [2.05, 4.69) is 67.5 Å². The molecular formula is C42H50N2O6S2. The van der Waals surface area contributed by atoms with Crippen molar-refractivity contribution in [3.8, 4) is 0 Å². The van der Waals surface area contributed by atoms with Crippen molar-refractivity contribution in [1.82, 2.24) is 0 Å². The zero-order valence-electron chi connectivity index (χ0n) is 31.4. The van der Waals surface area contributed by atoms with E-state index in [-0.39, 0.29) is 38.8 Å². The lowest BCUT2D eigenvalue weighted by Gasteiger charge is -2.42. The highest BCUT2D eigenvalue weighted by atomic mass is 32.2. The number of hydrogen-bond acceptors (Lipinski definition) is 6. The predicted octanol–water partition coefficient (Wildman–Crippen LogP) is 9.42. The Morgan fingerprint density at radius 3 is 1.62 bits per heavy atom. The maximum atomic E-state index is 14.6. The van der Waals surface area contributed by atoms with Gasteiger partial charge in [-0.05, 0) is 118 Å². The van der Waals surface area contributed by atoms with E-state index in [1.807, 2.05) is 24.3 Å². The number of aliphatic carboxylic acids is 2. The summed E-state index contributed by atoms with van der Waals surface area (Å²) in [5.41, 5.74) is 5.03.